The predicted octanol–water partition coefficient (Wildman–Crippen LogP) is 4.44. The number of nitriles is 1. The van der Waals surface area contributed by atoms with Gasteiger partial charge in [0.2, 0.25) is 0 Å². The number of aromatic nitrogens is 1. The Kier molecular flexibility index (Phi) is 3.97. The van der Waals surface area contributed by atoms with Gasteiger partial charge < -0.3 is 0 Å². The van der Waals surface area contributed by atoms with Crippen LogP contribution in [0.3, 0.4) is 0 Å². The molecular weight excluding hydrogens is 232 g/mol. The van der Waals surface area contributed by atoms with Gasteiger partial charge in [0.25, 0.3) is 0 Å². The van der Waals surface area contributed by atoms with Gasteiger partial charge >= 0.3 is 0 Å². The highest BCUT2D eigenvalue weighted by molar-refractivity contribution is 5.64. The van der Waals surface area contributed by atoms with Crippen molar-refractivity contribution in [1.82, 2.24) is 4.98 Å². The van der Waals surface area contributed by atoms with E-state index in [1.807, 2.05) is 13.0 Å². The third-order valence-electron chi connectivity index (χ3n) is 3.57. The van der Waals surface area contributed by atoms with E-state index in [1.54, 1.807) is 6.20 Å². The van der Waals surface area contributed by atoms with Crippen LogP contribution in [-0.4, -0.2) is 4.98 Å². The fourth-order valence-corrected chi connectivity index (χ4v) is 2.14. The largest absolute Gasteiger partial charge is 0.255 e. The van der Waals surface area contributed by atoms with Gasteiger partial charge in [0.1, 0.15) is 6.07 Å². The van der Waals surface area contributed by atoms with E-state index in [-0.39, 0.29) is 0 Å². The Morgan fingerprint density at radius 2 is 1.95 bits per heavy atom. The number of rotatable bonds is 3. The topological polar surface area (TPSA) is 36.7 Å². The molecule has 1 aromatic heterocycles. The first-order valence-electron chi connectivity index (χ1n) is 6.62. The Bertz CT molecular complexity index is 606. The first-order valence-corrected chi connectivity index (χ1v) is 6.62. The molecule has 1 unspecified atom stereocenters. The van der Waals surface area contributed by atoms with Crippen LogP contribution in [0.1, 0.15) is 42.9 Å². The number of hydrogen-bond donors (Lipinski definition) is 0. The summed E-state index contributed by atoms with van der Waals surface area (Å²) in [5.41, 5.74) is 5.06. The summed E-state index contributed by atoms with van der Waals surface area (Å²) in [5, 5.41) is 8.86. The highest BCUT2D eigenvalue weighted by atomic mass is 14.7. The van der Waals surface area contributed by atoms with Gasteiger partial charge in [-0.2, -0.15) is 5.26 Å². The summed E-state index contributed by atoms with van der Waals surface area (Å²) < 4.78 is 0. The lowest BCUT2D eigenvalue weighted by Gasteiger charge is -2.10. The Morgan fingerprint density at radius 1 is 1.26 bits per heavy atom. The van der Waals surface area contributed by atoms with Crippen molar-refractivity contribution in [2.45, 2.75) is 33.1 Å². The Hall–Kier alpha value is -2.14. The zero-order chi connectivity index (χ0) is 13.8. The monoisotopic (exact) mass is 250 g/mol. The van der Waals surface area contributed by atoms with E-state index in [2.05, 4.69) is 49.2 Å². The normalized spacial score (nSPS) is 11.9. The predicted molar refractivity (Wildman–Crippen MR) is 77.8 cm³/mol. The molecule has 19 heavy (non-hydrogen) atoms. The lowest BCUT2D eigenvalue weighted by Crippen LogP contribution is -1.93. The van der Waals surface area contributed by atoms with E-state index in [0.29, 0.717) is 11.5 Å². The Balaban J connectivity index is 2.35. The average molecular weight is 250 g/mol. The van der Waals surface area contributed by atoms with Gasteiger partial charge in [-0.15, -0.1) is 0 Å². The van der Waals surface area contributed by atoms with E-state index in [0.717, 1.165) is 23.2 Å². The van der Waals surface area contributed by atoms with Crippen molar-refractivity contribution in [3.8, 4) is 17.3 Å². The molecule has 1 heterocycles. The summed E-state index contributed by atoms with van der Waals surface area (Å²) in [6.07, 6.45) is 2.78. The van der Waals surface area contributed by atoms with Crippen LogP contribution in [0.15, 0.2) is 36.5 Å². The van der Waals surface area contributed by atoms with Gasteiger partial charge in [-0.3, -0.25) is 4.98 Å². The third-order valence-corrected chi connectivity index (χ3v) is 3.57. The van der Waals surface area contributed by atoms with Gasteiger partial charge in [0.15, 0.2) is 0 Å². The molecule has 2 aromatic rings. The summed E-state index contributed by atoms with van der Waals surface area (Å²) in [5.74, 6) is 0.587. The molecule has 2 rings (SSSR count). The minimum atomic E-state index is 0.587. The second-order valence-electron chi connectivity index (χ2n) is 4.93. The molecule has 1 aromatic carbocycles. The van der Waals surface area contributed by atoms with Gasteiger partial charge in [0, 0.05) is 11.8 Å². The first-order chi connectivity index (χ1) is 9.15. The van der Waals surface area contributed by atoms with Crippen molar-refractivity contribution in [2.75, 3.05) is 0 Å². The molecule has 2 nitrogen and oxygen atoms in total. The lowest BCUT2D eigenvalue weighted by atomic mass is 9.96. The van der Waals surface area contributed by atoms with Crippen molar-refractivity contribution >= 4 is 0 Å². The quantitative estimate of drug-likeness (QED) is 0.807. The van der Waals surface area contributed by atoms with E-state index in [1.165, 1.54) is 5.56 Å². The smallest absolute Gasteiger partial charge is 0.101 e. The summed E-state index contributed by atoms with van der Waals surface area (Å²) in [4.78, 5) is 4.39. The van der Waals surface area contributed by atoms with Crippen molar-refractivity contribution < 1.29 is 0 Å². The SMILES string of the molecule is CCC(C)c1ccc(-c2ncc(C#N)cc2C)cc1. The molecular formula is C17H18N2. The minimum absolute atomic E-state index is 0.587. The van der Waals surface area contributed by atoms with Crippen LogP contribution in [-0.2, 0) is 0 Å². The van der Waals surface area contributed by atoms with Crippen LogP contribution in [0, 0.1) is 18.3 Å². The molecule has 0 saturated carbocycles. The van der Waals surface area contributed by atoms with Crippen LogP contribution >= 0.6 is 0 Å². The molecule has 0 bridgehead atoms. The summed E-state index contributed by atoms with van der Waals surface area (Å²) >= 11 is 0. The fraction of sp³-hybridized carbons (Fsp3) is 0.294. The summed E-state index contributed by atoms with van der Waals surface area (Å²) in [7, 11) is 0. The zero-order valence-corrected chi connectivity index (χ0v) is 11.6. The van der Waals surface area contributed by atoms with Crippen molar-refractivity contribution in [2.24, 2.45) is 0 Å². The molecule has 0 spiro atoms. The van der Waals surface area contributed by atoms with Crippen LogP contribution < -0.4 is 0 Å². The molecule has 0 saturated heterocycles. The number of benzene rings is 1. The molecule has 0 aliphatic heterocycles. The number of hydrogen-bond acceptors (Lipinski definition) is 2. The minimum Gasteiger partial charge on any atom is -0.255 e. The zero-order valence-electron chi connectivity index (χ0n) is 11.6. The van der Waals surface area contributed by atoms with Gasteiger partial charge in [0.05, 0.1) is 11.3 Å². The highest BCUT2D eigenvalue weighted by Gasteiger charge is 2.07. The van der Waals surface area contributed by atoms with Crippen molar-refractivity contribution in [3.63, 3.8) is 0 Å². The highest BCUT2D eigenvalue weighted by Crippen LogP contribution is 2.25. The summed E-state index contributed by atoms with van der Waals surface area (Å²) in [6, 6.07) is 12.6. The molecule has 0 radical (unpaired) electrons. The van der Waals surface area contributed by atoms with Gasteiger partial charge in [-0.1, -0.05) is 38.1 Å². The van der Waals surface area contributed by atoms with E-state index >= 15 is 0 Å². The lowest BCUT2D eigenvalue weighted by molar-refractivity contribution is 0.734. The average Bonchev–Trinajstić information content (AvgIpc) is 2.46. The maximum Gasteiger partial charge on any atom is 0.101 e. The Morgan fingerprint density at radius 3 is 2.47 bits per heavy atom. The third kappa shape index (κ3) is 2.82. The van der Waals surface area contributed by atoms with Crippen molar-refractivity contribution in [1.29, 1.82) is 5.26 Å². The molecule has 0 amide bonds. The Labute approximate surface area is 114 Å². The number of aryl methyl sites for hydroxylation is 1. The molecule has 0 fully saturated rings. The van der Waals surface area contributed by atoms with Crippen LogP contribution in [0.4, 0.5) is 0 Å². The number of nitrogens with zero attached hydrogens (tertiary/aromatic N) is 2. The van der Waals surface area contributed by atoms with E-state index in [4.69, 9.17) is 5.26 Å². The van der Waals surface area contributed by atoms with Crippen LogP contribution in [0.25, 0.3) is 11.3 Å². The second-order valence-corrected chi connectivity index (χ2v) is 4.93. The standard InChI is InChI=1S/C17H18N2/c1-4-12(2)15-5-7-16(8-6-15)17-13(3)9-14(10-18)11-19-17/h5-9,11-12H,4H2,1-3H3. The second kappa shape index (κ2) is 5.67. The maximum atomic E-state index is 8.86. The fourth-order valence-electron chi connectivity index (χ4n) is 2.14. The first kappa shape index (κ1) is 13.3. The van der Waals surface area contributed by atoms with Gasteiger partial charge in [-0.05, 0) is 36.5 Å². The molecule has 0 N–H and O–H groups in total. The van der Waals surface area contributed by atoms with E-state index < -0.39 is 0 Å². The molecule has 0 aliphatic carbocycles. The maximum absolute atomic E-state index is 8.86. The van der Waals surface area contributed by atoms with E-state index in [9.17, 15) is 0 Å². The molecule has 1 atom stereocenters. The number of pyridine rings is 1. The van der Waals surface area contributed by atoms with Gasteiger partial charge in [-0.25, -0.2) is 0 Å². The molecule has 2 heteroatoms. The van der Waals surface area contributed by atoms with Crippen molar-refractivity contribution in [3.05, 3.63) is 53.2 Å². The molecule has 0 aliphatic rings. The summed E-state index contributed by atoms with van der Waals surface area (Å²) in [6.45, 7) is 6.43. The van der Waals surface area contributed by atoms with Crippen LogP contribution in [0.2, 0.25) is 0 Å². The van der Waals surface area contributed by atoms with Crippen LogP contribution in [0.5, 0.6) is 0 Å². The molecule has 96 valence electrons.